The third-order valence-electron chi connectivity index (χ3n) is 3.12. The van der Waals surface area contributed by atoms with Crippen LogP contribution in [0.2, 0.25) is 0 Å². The van der Waals surface area contributed by atoms with Crippen LogP contribution in [-0.4, -0.2) is 46.6 Å². The molecule has 0 aromatic heterocycles. The van der Waals surface area contributed by atoms with Crippen LogP contribution in [-0.2, 0) is 14.3 Å². The van der Waals surface area contributed by atoms with E-state index in [-0.39, 0.29) is 13.0 Å². The third-order valence-corrected chi connectivity index (χ3v) is 3.12. The van der Waals surface area contributed by atoms with Crippen LogP contribution >= 0.6 is 0 Å². The lowest BCUT2D eigenvalue weighted by Crippen LogP contribution is -2.24. The first-order valence-electron chi connectivity index (χ1n) is 7.29. The summed E-state index contributed by atoms with van der Waals surface area (Å²) in [5.74, 6) is -2.44. The second-order valence-electron chi connectivity index (χ2n) is 5.04. The van der Waals surface area contributed by atoms with E-state index < -0.39 is 30.6 Å². The molecule has 6 nitrogen and oxygen atoms in total. The van der Waals surface area contributed by atoms with Crippen molar-refractivity contribution in [1.29, 1.82) is 0 Å². The fourth-order valence-electron chi connectivity index (χ4n) is 1.85. The van der Waals surface area contributed by atoms with Gasteiger partial charge in [-0.25, -0.2) is 0 Å². The molecule has 0 fully saturated rings. The normalized spacial score (nSPS) is 13.4. The molecule has 6 heteroatoms. The second-order valence-corrected chi connectivity index (χ2v) is 5.04. The van der Waals surface area contributed by atoms with Gasteiger partial charge in [-0.15, -0.1) is 6.58 Å². The molecule has 0 amide bonds. The van der Waals surface area contributed by atoms with Crippen LogP contribution in [0, 0.1) is 5.92 Å². The smallest absolute Gasteiger partial charge is 0.307 e. The molecule has 0 radical (unpaired) electrons. The summed E-state index contributed by atoms with van der Waals surface area (Å²) in [6.45, 7) is 2.82. The molecule has 122 valence electrons. The summed E-state index contributed by atoms with van der Waals surface area (Å²) in [5.41, 5.74) is 0. The van der Waals surface area contributed by atoms with Gasteiger partial charge >= 0.3 is 11.9 Å². The molecule has 0 aromatic rings. The Balaban J connectivity index is 3.93. The summed E-state index contributed by atoms with van der Waals surface area (Å²) in [4.78, 5) is 22.5. The molecule has 0 saturated heterocycles. The minimum Gasteiger partial charge on any atom is -0.481 e. The second kappa shape index (κ2) is 12.3. The third kappa shape index (κ3) is 11.0. The predicted octanol–water partition coefficient (Wildman–Crippen LogP) is 1.50. The molecule has 2 atom stereocenters. The van der Waals surface area contributed by atoms with Crippen LogP contribution in [0.15, 0.2) is 12.7 Å². The molecule has 0 saturated carbocycles. The molecule has 21 heavy (non-hydrogen) atoms. The Morgan fingerprint density at radius 1 is 1.19 bits per heavy atom. The van der Waals surface area contributed by atoms with Gasteiger partial charge in [-0.3, -0.25) is 9.59 Å². The molecular weight excluding hydrogens is 276 g/mol. The lowest BCUT2D eigenvalue weighted by atomic mass is 9.97. The first-order valence-corrected chi connectivity index (χ1v) is 7.29. The molecule has 0 heterocycles. The highest BCUT2D eigenvalue weighted by molar-refractivity contribution is 5.78. The number of esters is 1. The van der Waals surface area contributed by atoms with Crippen LogP contribution < -0.4 is 0 Å². The molecule has 3 N–H and O–H groups in total. The van der Waals surface area contributed by atoms with Gasteiger partial charge in [0.05, 0.1) is 18.9 Å². The number of carbonyl (C=O) groups excluding carboxylic acids is 1. The highest BCUT2D eigenvalue weighted by Crippen LogP contribution is 2.16. The van der Waals surface area contributed by atoms with Crippen molar-refractivity contribution >= 4 is 11.9 Å². The minimum absolute atomic E-state index is 0.208. The predicted molar refractivity (Wildman–Crippen MR) is 77.7 cm³/mol. The molecule has 2 unspecified atom stereocenters. The first-order chi connectivity index (χ1) is 10.0. The summed E-state index contributed by atoms with van der Waals surface area (Å²) in [6.07, 6.45) is 5.66. The quantitative estimate of drug-likeness (QED) is 0.270. The molecule has 0 aliphatic carbocycles. The van der Waals surface area contributed by atoms with E-state index in [2.05, 4.69) is 6.58 Å². The molecule has 0 aromatic carbocycles. The number of hydrogen-bond acceptors (Lipinski definition) is 5. The van der Waals surface area contributed by atoms with Crippen molar-refractivity contribution in [3.8, 4) is 0 Å². The number of unbranched alkanes of at least 4 members (excludes halogenated alkanes) is 4. The molecule has 0 rings (SSSR count). The van der Waals surface area contributed by atoms with Gasteiger partial charge in [0.1, 0.15) is 12.7 Å². The molecule has 0 bridgehead atoms. The minimum atomic E-state index is -1.12. The number of carboxylic acids is 1. The maximum Gasteiger partial charge on any atom is 0.307 e. The number of carbonyl (C=O) groups is 2. The van der Waals surface area contributed by atoms with E-state index in [9.17, 15) is 9.59 Å². The average Bonchev–Trinajstić information content (AvgIpc) is 2.46. The lowest BCUT2D eigenvalue weighted by molar-refractivity contribution is -0.154. The largest absolute Gasteiger partial charge is 0.481 e. The summed E-state index contributed by atoms with van der Waals surface area (Å²) in [5, 5.41) is 26.7. The van der Waals surface area contributed by atoms with Crippen molar-refractivity contribution in [1.82, 2.24) is 0 Å². The van der Waals surface area contributed by atoms with Gasteiger partial charge < -0.3 is 20.1 Å². The Morgan fingerprint density at radius 2 is 1.86 bits per heavy atom. The van der Waals surface area contributed by atoms with E-state index in [0.717, 1.165) is 32.1 Å². The lowest BCUT2D eigenvalue weighted by Gasteiger charge is -2.13. The van der Waals surface area contributed by atoms with Crippen molar-refractivity contribution in [3.63, 3.8) is 0 Å². The summed E-state index contributed by atoms with van der Waals surface area (Å²) >= 11 is 0. The van der Waals surface area contributed by atoms with Gasteiger partial charge in [-0.2, -0.15) is 0 Å². The number of carboxylic acid groups (broad SMARTS) is 1. The Bertz CT molecular complexity index is 315. The van der Waals surface area contributed by atoms with E-state index in [4.69, 9.17) is 20.1 Å². The summed E-state index contributed by atoms with van der Waals surface area (Å²) in [6, 6.07) is 0. The number of aliphatic hydroxyl groups is 2. The van der Waals surface area contributed by atoms with Crippen molar-refractivity contribution in [2.75, 3.05) is 13.2 Å². The zero-order valence-corrected chi connectivity index (χ0v) is 12.4. The van der Waals surface area contributed by atoms with E-state index in [1.807, 2.05) is 6.08 Å². The highest BCUT2D eigenvalue weighted by atomic mass is 16.5. The number of aliphatic carboxylic acids is 1. The standard InChI is InChI=1S/C15H26O6/c1-2-3-4-5-6-7-8-12(15(19)20)9-14(18)21-11-13(17)10-16/h2,12-13,16-17H,1,3-11H2,(H,19,20). The summed E-state index contributed by atoms with van der Waals surface area (Å²) in [7, 11) is 0. The van der Waals surface area contributed by atoms with E-state index in [0.29, 0.717) is 6.42 Å². The van der Waals surface area contributed by atoms with Gasteiger partial charge in [-0.05, 0) is 19.3 Å². The first kappa shape index (κ1) is 19.6. The fraction of sp³-hybridized carbons (Fsp3) is 0.733. The number of aliphatic hydroxyl groups excluding tert-OH is 2. The SMILES string of the molecule is C=CCCCCCCC(CC(=O)OCC(O)CO)C(=O)O. The van der Waals surface area contributed by atoms with E-state index >= 15 is 0 Å². The maximum absolute atomic E-state index is 11.5. The van der Waals surface area contributed by atoms with E-state index in [1.54, 1.807) is 0 Å². The van der Waals surface area contributed by atoms with Crippen molar-refractivity contribution in [2.45, 2.75) is 51.0 Å². The maximum atomic E-state index is 11.5. The zero-order chi connectivity index (χ0) is 16.1. The number of allylic oxidation sites excluding steroid dienone is 1. The Labute approximate surface area is 125 Å². The van der Waals surface area contributed by atoms with Crippen LogP contribution in [0.25, 0.3) is 0 Å². The van der Waals surface area contributed by atoms with Gasteiger partial charge in [-0.1, -0.05) is 25.3 Å². The molecular formula is C15H26O6. The van der Waals surface area contributed by atoms with Crippen molar-refractivity contribution in [2.24, 2.45) is 5.92 Å². The average molecular weight is 302 g/mol. The Hall–Kier alpha value is -1.40. The monoisotopic (exact) mass is 302 g/mol. The van der Waals surface area contributed by atoms with Crippen LogP contribution in [0.1, 0.15) is 44.9 Å². The van der Waals surface area contributed by atoms with Gasteiger partial charge in [0.2, 0.25) is 0 Å². The van der Waals surface area contributed by atoms with Crippen molar-refractivity contribution in [3.05, 3.63) is 12.7 Å². The molecule has 0 spiro atoms. The van der Waals surface area contributed by atoms with E-state index in [1.165, 1.54) is 0 Å². The number of ether oxygens (including phenoxy) is 1. The zero-order valence-electron chi connectivity index (χ0n) is 12.4. The fourth-order valence-corrected chi connectivity index (χ4v) is 1.85. The Kier molecular flexibility index (Phi) is 11.5. The Morgan fingerprint density at radius 3 is 2.43 bits per heavy atom. The molecule has 0 aliphatic rings. The topological polar surface area (TPSA) is 104 Å². The van der Waals surface area contributed by atoms with Crippen molar-refractivity contribution < 1.29 is 29.6 Å². The number of rotatable bonds is 13. The molecule has 0 aliphatic heterocycles. The summed E-state index contributed by atoms with van der Waals surface area (Å²) < 4.78 is 4.71. The number of hydrogen-bond donors (Lipinski definition) is 3. The van der Waals surface area contributed by atoms with Crippen LogP contribution in [0.4, 0.5) is 0 Å². The van der Waals surface area contributed by atoms with Gasteiger partial charge in [0.15, 0.2) is 0 Å². The van der Waals surface area contributed by atoms with Gasteiger partial charge in [0.25, 0.3) is 0 Å². The highest BCUT2D eigenvalue weighted by Gasteiger charge is 2.22. The van der Waals surface area contributed by atoms with Crippen LogP contribution in [0.3, 0.4) is 0 Å². The van der Waals surface area contributed by atoms with Crippen LogP contribution in [0.5, 0.6) is 0 Å². The van der Waals surface area contributed by atoms with Gasteiger partial charge in [0, 0.05) is 0 Å².